The fourth-order valence-electron chi connectivity index (χ4n) is 4.37. The van der Waals surface area contributed by atoms with Crippen LogP contribution in [0.5, 0.6) is 5.75 Å². The number of ether oxygens (including phenoxy) is 1. The van der Waals surface area contributed by atoms with E-state index in [1.54, 1.807) is 7.11 Å². The number of carbonyl (C=O) groups excluding carboxylic acids is 1. The molecule has 0 aliphatic carbocycles. The largest absolute Gasteiger partial charge is 0.495 e. The Kier molecular flexibility index (Phi) is 5.75. The van der Waals surface area contributed by atoms with Crippen LogP contribution in [0.2, 0.25) is 0 Å². The number of benzene rings is 2. The van der Waals surface area contributed by atoms with Crippen molar-refractivity contribution in [1.29, 1.82) is 0 Å². The Morgan fingerprint density at radius 3 is 2.66 bits per heavy atom. The third kappa shape index (κ3) is 4.52. The standard InChI is InChI=1S/C25H33N5O2/c1-17-11-12-21(32-5)20(15-17)27-23(31)30-14-8-13-25(16-30)22(29-24(2,3)4)26-18-9-6-7-10-19(18)28-25/h6-7,9-12,15,28H,8,13-14,16H2,1-5H3,(H,26,29)(H,27,31)/t25-/m0/s1. The van der Waals surface area contributed by atoms with E-state index in [1.165, 1.54) is 0 Å². The molecular formula is C25H33N5O2. The summed E-state index contributed by atoms with van der Waals surface area (Å²) in [6.45, 7) is 9.47. The Balaban J connectivity index is 1.63. The first-order valence-corrected chi connectivity index (χ1v) is 11.1. The minimum atomic E-state index is -0.464. The molecule has 7 heteroatoms. The van der Waals surface area contributed by atoms with Crippen molar-refractivity contribution < 1.29 is 9.53 Å². The number of likely N-dealkylation sites (tertiary alicyclic amines) is 1. The molecule has 2 aliphatic heterocycles. The van der Waals surface area contributed by atoms with Gasteiger partial charge in [0.1, 0.15) is 17.1 Å². The Morgan fingerprint density at radius 1 is 1.19 bits per heavy atom. The molecule has 2 heterocycles. The first kappa shape index (κ1) is 22.0. The van der Waals surface area contributed by atoms with E-state index in [0.29, 0.717) is 24.5 Å². The second-order valence-corrected chi connectivity index (χ2v) is 9.67. The number of aliphatic imine (C=N–C) groups is 1. The number of fused-ring (bicyclic) bond motifs is 1. The molecule has 1 spiro atoms. The minimum absolute atomic E-state index is 0.135. The molecule has 4 rings (SSSR count). The van der Waals surface area contributed by atoms with Crippen LogP contribution in [0.1, 0.15) is 39.2 Å². The molecule has 1 atom stereocenters. The summed E-state index contributed by atoms with van der Waals surface area (Å²) in [7, 11) is 1.61. The lowest BCUT2D eigenvalue weighted by Crippen LogP contribution is -2.63. The normalized spacial score (nSPS) is 21.5. The number of hydrogen-bond donors (Lipinski definition) is 3. The smallest absolute Gasteiger partial charge is 0.322 e. The summed E-state index contributed by atoms with van der Waals surface area (Å²) in [6.07, 6.45) is 1.76. The molecule has 0 radical (unpaired) electrons. The molecule has 3 N–H and O–H groups in total. The quantitative estimate of drug-likeness (QED) is 0.613. The maximum atomic E-state index is 13.3. The van der Waals surface area contributed by atoms with Crippen molar-refractivity contribution >= 4 is 28.9 Å². The summed E-state index contributed by atoms with van der Waals surface area (Å²) >= 11 is 0. The van der Waals surface area contributed by atoms with Crippen LogP contribution in [-0.2, 0) is 0 Å². The Labute approximate surface area is 190 Å². The van der Waals surface area contributed by atoms with Gasteiger partial charge in [-0.25, -0.2) is 4.79 Å². The fourth-order valence-corrected chi connectivity index (χ4v) is 4.37. The maximum absolute atomic E-state index is 13.3. The van der Waals surface area contributed by atoms with Gasteiger partial charge in [-0.2, -0.15) is 0 Å². The maximum Gasteiger partial charge on any atom is 0.322 e. The van der Waals surface area contributed by atoms with Crippen LogP contribution in [-0.4, -0.2) is 48.0 Å². The number of urea groups is 1. The fraction of sp³-hybridized carbons (Fsp3) is 0.440. The number of amidine groups is 1. The van der Waals surface area contributed by atoms with Gasteiger partial charge in [0.2, 0.25) is 0 Å². The number of methoxy groups -OCH3 is 1. The number of anilines is 3. The lowest BCUT2D eigenvalue weighted by Gasteiger charge is -2.47. The number of nitrogens with zero attached hydrogens (tertiary/aromatic N) is 2. The molecule has 2 aromatic carbocycles. The van der Waals surface area contributed by atoms with Crippen molar-refractivity contribution in [3.05, 3.63) is 48.0 Å². The highest BCUT2D eigenvalue weighted by Crippen LogP contribution is 2.37. The lowest BCUT2D eigenvalue weighted by molar-refractivity contribution is 0.186. The lowest BCUT2D eigenvalue weighted by atomic mass is 9.85. The SMILES string of the molecule is COc1ccc(C)cc1NC(=O)N1CCC[C@@]2(C1)Nc1ccccc1NC2=NC(C)(C)C. The van der Waals surface area contributed by atoms with Gasteiger partial charge >= 0.3 is 6.03 Å². The van der Waals surface area contributed by atoms with Crippen LogP contribution in [0.25, 0.3) is 0 Å². The van der Waals surface area contributed by atoms with Crippen molar-refractivity contribution in [2.24, 2.45) is 4.99 Å². The van der Waals surface area contributed by atoms with Crippen LogP contribution in [0, 0.1) is 6.92 Å². The molecular weight excluding hydrogens is 402 g/mol. The molecule has 2 amide bonds. The number of amides is 2. The van der Waals surface area contributed by atoms with Gasteiger partial charge in [-0.1, -0.05) is 18.2 Å². The van der Waals surface area contributed by atoms with Crippen molar-refractivity contribution in [1.82, 2.24) is 4.90 Å². The highest BCUT2D eigenvalue weighted by atomic mass is 16.5. The van der Waals surface area contributed by atoms with E-state index < -0.39 is 5.54 Å². The van der Waals surface area contributed by atoms with Gasteiger partial charge in [-0.15, -0.1) is 0 Å². The van der Waals surface area contributed by atoms with Crippen LogP contribution in [0.4, 0.5) is 21.9 Å². The van der Waals surface area contributed by atoms with Crippen molar-refractivity contribution in [3.8, 4) is 5.75 Å². The Hall–Kier alpha value is -3.22. The summed E-state index contributed by atoms with van der Waals surface area (Å²) in [5, 5.41) is 10.3. The van der Waals surface area contributed by atoms with E-state index in [9.17, 15) is 4.79 Å². The van der Waals surface area contributed by atoms with Gasteiger partial charge in [0.25, 0.3) is 0 Å². The number of para-hydroxylation sites is 2. The topological polar surface area (TPSA) is 78.0 Å². The molecule has 0 unspecified atom stereocenters. The highest BCUT2D eigenvalue weighted by molar-refractivity contribution is 6.10. The van der Waals surface area contributed by atoms with E-state index in [4.69, 9.17) is 9.73 Å². The number of carbonyl (C=O) groups is 1. The van der Waals surface area contributed by atoms with Gasteiger partial charge in [0.15, 0.2) is 0 Å². The van der Waals surface area contributed by atoms with Gasteiger partial charge in [-0.3, -0.25) is 4.99 Å². The third-order valence-corrected chi connectivity index (χ3v) is 5.83. The second-order valence-electron chi connectivity index (χ2n) is 9.67. The van der Waals surface area contributed by atoms with E-state index in [-0.39, 0.29) is 11.6 Å². The van der Waals surface area contributed by atoms with Gasteiger partial charge < -0.3 is 25.6 Å². The molecule has 7 nitrogen and oxygen atoms in total. The molecule has 2 aromatic rings. The Bertz CT molecular complexity index is 1040. The average molecular weight is 436 g/mol. The van der Waals surface area contributed by atoms with Gasteiger partial charge in [0, 0.05) is 6.54 Å². The van der Waals surface area contributed by atoms with E-state index >= 15 is 0 Å². The van der Waals surface area contributed by atoms with Crippen LogP contribution in [0.15, 0.2) is 47.5 Å². The molecule has 1 saturated heterocycles. The summed E-state index contributed by atoms with van der Waals surface area (Å²) in [5.41, 5.74) is 3.07. The van der Waals surface area contributed by atoms with E-state index in [0.717, 1.165) is 35.6 Å². The second kappa shape index (κ2) is 8.37. The van der Waals surface area contributed by atoms with E-state index in [2.05, 4.69) is 42.8 Å². The first-order valence-electron chi connectivity index (χ1n) is 11.1. The predicted octanol–water partition coefficient (Wildman–Crippen LogP) is 5.10. The van der Waals surface area contributed by atoms with E-state index in [1.807, 2.05) is 48.2 Å². The molecule has 0 bridgehead atoms. The van der Waals surface area contributed by atoms with Crippen LogP contribution >= 0.6 is 0 Å². The highest BCUT2D eigenvalue weighted by Gasteiger charge is 2.45. The first-order chi connectivity index (χ1) is 15.2. The molecule has 0 saturated carbocycles. The average Bonchev–Trinajstić information content (AvgIpc) is 2.74. The molecule has 2 aliphatic rings. The number of aryl methyl sites for hydroxylation is 1. The van der Waals surface area contributed by atoms with Crippen LogP contribution < -0.4 is 20.7 Å². The molecule has 1 fully saturated rings. The van der Waals surface area contributed by atoms with Gasteiger partial charge in [-0.05, 0) is 70.4 Å². The summed E-state index contributed by atoms with van der Waals surface area (Å²) < 4.78 is 5.43. The third-order valence-electron chi connectivity index (χ3n) is 5.83. The zero-order valence-electron chi connectivity index (χ0n) is 19.6. The molecule has 0 aromatic heterocycles. The molecule has 170 valence electrons. The number of nitrogens with one attached hydrogen (secondary N) is 3. The Morgan fingerprint density at radius 2 is 1.94 bits per heavy atom. The number of hydrogen-bond acceptors (Lipinski definition) is 4. The van der Waals surface area contributed by atoms with Crippen LogP contribution in [0.3, 0.4) is 0 Å². The number of piperidine rings is 1. The zero-order valence-corrected chi connectivity index (χ0v) is 19.6. The summed E-state index contributed by atoms with van der Waals surface area (Å²) in [5.74, 6) is 1.53. The summed E-state index contributed by atoms with van der Waals surface area (Å²) in [4.78, 5) is 20.2. The monoisotopic (exact) mass is 435 g/mol. The van der Waals surface area contributed by atoms with Crippen molar-refractivity contribution in [2.45, 2.75) is 51.6 Å². The minimum Gasteiger partial charge on any atom is -0.495 e. The van der Waals surface area contributed by atoms with Gasteiger partial charge in [0.05, 0.1) is 36.3 Å². The predicted molar refractivity (Wildman–Crippen MR) is 131 cm³/mol. The molecule has 32 heavy (non-hydrogen) atoms. The zero-order chi connectivity index (χ0) is 22.9. The number of rotatable bonds is 2. The van der Waals surface area contributed by atoms with Crippen molar-refractivity contribution in [2.75, 3.05) is 36.1 Å². The summed E-state index contributed by atoms with van der Waals surface area (Å²) in [6, 6.07) is 13.8. The van der Waals surface area contributed by atoms with Crippen molar-refractivity contribution in [3.63, 3.8) is 0 Å².